The number of nitrogens with zero attached hydrogens (tertiary/aromatic N) is 3. The van der Waals surface area contributed by atoms with E-state index in [-0.39, 0.29) is 11.7 Å². The highest BCUT2D eigenvalue weighted by molar-refractivity contribution is 6.04. The van der Waals surface area contributed by atoms with Gasteiger partial charge in [0.05, 0.1) is 11.9 Å². The van der Waals surface area contributed by atoms with Crippen molar-refractivity contribution in [3.05, 3.63) is 89.9 Å². The van der Waals surface area contributed by atoms with E-state index in [4.69, 9.17) is 0 Å². The largest absolute Gasteiger partial charge is 0.354 e. The van der Waals surface area contributed by atoms with Gasteiger partial charge in [0.25, 0.3) is 5.91 Å². The lowest BCUT2D eigenvalue weighted by molar-refractivity contribution is 0.102. The van der Waals surface area contributed by atoms with E-state index in [9.17, 15) is 9.18 Å². The summed E-state index contributed by atoms with van der Waals surface area (Å²) in [4.78, 5) is 21.3. The fraction of sp³-hybridized carbons (Fsp3) is 0.217. The first kappa shape index (κ1) is 19.1. The summed E-state index contributed by atoms with van der Waals surface area (Å²) in [7, 11) is 0. The maximum Gasteiger partial charge on any atom is 0.255 e. The van der Waals surface area contributed by atoms with Crippen molar-refractivity contribution >= 4 is 17.4 Å². The number of amides is 1. The minimum absolute atomic E-state index is 0.147. The van der Waals surface area contributed by atoms with Gasteiger partial charge in [-0.05, 0) is 42.0 Å². The van der Waals surface area contributed by atoms with E-state index in [1.807, 2.05) is 36.4 Å². The Bertz CT molecular complexity index is 954. The molecular formula is C23H23FN4O. The highest BCUT2D eigenvalue weighted by atomic mass is 19.1. The summed E-state index contributed by atoms with van der Waals surface area (Å²) >= 11 is 0. The molecule has 6 heteroatoms. The molecule has 29 heavy (non-hydrogen) atoms. The van der Waals surface area contributed by atoms with E-state index >= 15 is 0 Å². The summed E-state index contributed by atoms with van der Waals surface area (Å²) in [5, 5.41) is 2.87. The molecule has 2 heterocycles. The second-order valence-electron chi connectivity index (χ2n) is 7.12. The molecule has 0 unspecified atom stereocenters. The topological polar surface area (TPSA) is 48.5 Å². The number of aromatic nitrogens is 1. The number of anilines is 2. The molecule has 0 radical (unpaired) electrons. The number of rotatable bonds is 5. The van der Waals surface area contributed by atoms with Crippen molar-refractivity contribution in [2.45, 2.75) is 6.54 Å². The smallest absolute Gasteiger partial charge is 0.255 e. The first-order valence-corrected chi connectivity index (χ1v) is 9.71. The molecule has 0 bridgehead atoms. The van der Waals surface area contributed by atoms with Crippen LogP contribution in [0.5, 0.6) is 0 Å². The first-order chi connectivity index (χ1) is 14.2. The number of pyridine rings is 1. The lowest BCUT2D eigenvalue weighted by Gasteiger charge is -2.35. The highest BCUT2D eigenvalue weighted by Crippen LogP contribution is 2.18. The average Bonchev–Trinajstić information content (AvgIpc) is 2.76. The molecule has 5 nitrogen and oxygen atoms in total. The molecule has 0 saturated carbocycles. The van der Waals surface area contributed by atoms with Gasteiger partial charge in [0, 0.05) is 38.3 Å². The van der Waals surface area contributed by atoms with E-state index in [0.717, 1.165) is 44.1 Å². The first-order valence-electron chi connectivity index (χ1n) is 9.71. The van der Waals surface area contributed by atoms with Crippen LogP contribution in [0.25, 0.3) is 0 Å². The van der Waals surface area contributed by atoms with Gasteiger partial charge in [-0.3, -0.25) is 9.69 Å². The number of nitrogens with one attached hydrogen (secondary N) is 1. The molecule has 1 amide bonds. The quantitative estimate of drug-likeness (QED) is 0.720. The maximum absolute atomic E-state index is 13.4. The van der Waals surface area contributed by atoms with Gasteiger partial charge in [0.15, 0.2) is 0 Å². The van der Waals surface area contributed by atoms with Gasteiger partial charge in [-0.25, -0.2) is 9.37 Å². The van der Waals surface area contributed by atoms with E-state index in [0.29, 0.717) is 11.3 Å². The van der Waals surface area contributed by atoms with Crippen LogP contribution in [0.2, 0.25) is 0 Å². The van der Waals surface area contributed by atoms with Crippen LogP contribution in [0.15, 0.2) is 72.9 Å². The number of carbonyl (C=O) groups excluding carboxylic acids is 1. The Morgan fingerprint density at radius 1 is 0.966 bits per heavy atom. The fourth-order valence-corrected chi connectivity index (χ4v) is 3.47. The van der Waals surface area contributed by atoms with Crippen LogP contribution in [0.4, 0.5) is 15.9 Å². The minimum Gasteiger partial charge on any atom is -0.354 e. The van der Waals surface area contributed by atoms with Crippen LogP contribution in [0, 0.1) is 5.82 Å². The molecule has 1 aromatic heterocycles. The molecule has 1 aliphatic rings. The monoisotopic (exact) mass is 390 g/mol. The molecular weight excluding hydrogens is 367 g/mol. The zero-order valence-corrected chi connectivity index (χ0v) is 16.1. The molecule has 0 atom stereocenters. The van der Waals surface area contributed by atoms with E-state index < -0.39 is 0 Å². The van der Waals surface area contributed by atoms with Crippen molar-refractivity contribution in [1.82, 2.24) is 9.88 Å². The number of carbonyl (C=O) groups is 1. The van der Waals surface area contributed by atoms with Crippen LogP contribution in [-0.2, 0) is 6.54 Å². The van der Waals surface area contributed by atoms with Gasteiger partial charge in [-0.15, -0.1) is 0 Å². The molecule has 1 saturated heterocycles. The SMILES string of the molecule is O=C(Nc1ccc(N2CCN(Cc3cccc(F)c3)CC2)nc1)c1ccccc1. The zero-order chi connectivity index (χ0) is 20.1. The summed E-state index contributed by atoms with van der Waals surface area (Å²) in [6.45, 7) is 4.26. The number of hydrogen-bond acceptors (Lipinski definition) is 4. The Morgan fingerprint density at radius 3 is 2.45 bits per heavy atom. The Kier molecular flexibility index (Phi) is 5.81. The predicted molar refractivity (Wildman–Crippen MR) is 113 cm³/mol. The number of piperazine rings is 1. The Morgan fingerprint density at radius 2 is 1.76 bits per heavy atom. The third-order valence-electron chi connectivity index (χ3n) is 5.03. The molecule has 1 fully saturated rings. The van der Waals surface area contributed by atoms with Gasteiger partial charge < -0.3 is 10.2 Å². The van der Waals surface area contributed by atoms with E-state index in [2.05, 4.69) is 20.1 Å². The van der Waals surface area contributed by atoms with Gasteiger partial charge in [0.1, 0.15) is 11.6 Å². The Labute approximate surface area is 169 Å². The van der Waals surface area contributed by atoms with Crippen molar-refractivity contribution in [2.75, 3.05) is 36.4 Å². The summed E-state index contributed by atoms with van der Waals surface area (Å²) in [6, 6.07) is 19.7. The summed E-state index contributed by atoms with van der Waals surface area (Å²) in [6.07, 6.45) is 1.69. The number of halogens is 1. The Balaban J connectivity index is 1.30. The fourth-order valence-electron chi connectivity index (χ4n) is 3.47. The van der Waals surface area contributed by atoms with Crippen LogP contribution in [0.1, 0.15) is 15.9 Å². The molecule has 4 rings (SSSR count). The standard InChI is InChI=1S/C23H23FN4O/c24-20-8-4-5-18(15-20)17-27-11-13-28(14-12-27)22-10-9-21(16-25-22)26-23(29)19-6-2-1-3-7-19/h1-10,15-16H,11-14,17H2,(H,26,29). The molecule has 0 aliphatic carbocycles. The summed E-state index contributed by atoms with van der Waals surface area (Å²) < 4.78 is 13.4. The van der Waals surface area contributed by atoms with Crippen LogP contribution >= 0.6 is 0 Å². The Hall–Kier alpha value is -3.25. The molecule has 0 spiro atoms. The van der Waals surface area contributed by atoms with Crippen LogP contribution in [-0.4, -0.2) is 42.0 Å². The van der Waals surface area contributed by atoms with Crippen molar-refractivity contribution in [2.24, 2.45) is 0 Å². The van der Waals surface area contributed by atoms with Crippen LogP contribution < -0.4 is 10.2 Å². The second-order valence-corrected chi connectivity index (χ2v) is 7.12. The molecule has 1 N–H and O–H groups in total. The predicted octanol–water partition coefficient (Wildman–Crippen LogP) is 3.80. The minimum atomic E-state index is -0.190. The van der Waals surface area contributed by atoms with Crippen molar-refractivity contribution < 1.29 is 9.18 Å². The van der Waals surface area contributed by atoms with E-state index in [1.54, 1.807) is 30.5 Å². The number of benzene rings is 2. The molecule has 148 valence electrons. The third kappa shape index (κ3) is 4.97. The maximum atomic E-state index is 13.4. The van der Waals surface area contributed by atoms with Crippen LogP contribution in [0.3, 0.4) is 0 Å². The third-order valence-corrected chi connectivity index (χ3v) is 5.03. The highest BCUT2D eigenvalue weighted by Gasteiger charge is 2.18. The summed E-state index contributed by atoms with van der Waals surface area (Å²) in [5.41, 5.74) is 2.29. The van der Waals surface area contributed by atoms with Crippen molar-refractivity contribution in [1.29, 1.82) is 0 Å². The van der Waals surface area contributed by atoms with Crippen molar-refractivity contribution in [3.8, 4) is 0 Å². The van der Waals surface area contributed by atoms with Gasteiger partial charge in [-0.1, -0.05) is 30.3 Å². The average molecular weight is 390 g/mol. The lowest BCUT2D eigenvalue weighted by atomic mass is 10.2. The zero-order valence-electron chi connectivity index (χ0n) is 16.1. The number of hydrogen-bond donors (Lipinski definition) is 1. The normalized spacial score (nSPS) is 14.6. The molecule has 1 aliphatic heterocycles. The van der Waals surface area contributed by atoms with E-state index in [1.165, 1.54) is 6.07 Å². The molecule has 3 aromatic rings. The van der Waals surface area contributed by atoms with Gasteiger partial charge in [0.2, 0.25) is 0 Å². The molecule has 2 aromatic carbocycles. The lowest BCUT2D eigenvalue weighted by Crippen LogP contribution is -2.46. The van der Waals surface area contributed by atoms with Gasteiger partial charge >= 0.3 is 0 Å². The van der Waals surface area contributed by atoms with Crippen molar-refractivity contribution in [3.63, 3.8) is 0 Å². The van der Waals surface area contributed by atoms with Gasteiger partial charge in [-0.2, -0.15) is 0 Å². The summed E-state index contributed by atoms with van der Waals surface area (Å²) in [5.74, 6) is 0.559. The second kappa shape index (κ2) is 8.84.